The predicted octanol–water partition coefficient (Wildman–Crippen LogP) is 1.49. The largest absolute Gasteiger partial charge is 0.478 e. The van der Waals surface area contributed by atoms with Crippen LogP contribution in [0.25, 0.3) is 0 Å². The Morgan fingerprint density at radius 2 is 2.33 bits per heavy atom. The molecule has 50 valence electrons. The van der Waals surface area contributed by atoms with Crippen LogP contribution in [0.15, 0.2) is 12.2 Å². The minimum atomic E-state index is -0.925. The third-order valence-corrected chi connectivity index (χ3v) is 0.897. The molecule has 1 N–H and O–H groups in total. The smallest absolute Gasteiger partial charge is 0.331 e. The van der Waals surface area contributed by atoms with Gasteiger partial charge in [0.2, 0.25) is 0 Å². The van der Waals surface area contributed by atoms with Crippen molar-refractivity contribution in [2.24, 2.45) is 5.92 Å². The lowest BCUT2D eigenvalue weighted by molar-refractivity contribution is -0.132. The van der Waals surface area contributed by atoms with Gasteiger partial charge in [0.05, 0.1) is 12.8 Å². The molecule has 0 aromatic carbocycles. The van der Waals surface area contributed by atoms with E-state index in [1.54, 1.807) is 0 Å². The van der Waals surface area contributed by atoms with Crippen molar-refractivity contribution < 1.29 is 9.90 Å². The van der Waals surface area contributed by atoms with Gasteiger partial charge in [0.1, 0.15) is 0 Å². The van der Waals surface area contributed by atoms with Crippen LogP contribution in [0.5, 0.6) is 0 Å². The molecule has 0 saturated carbocycles. The summed E-state index contributed by atoms with van der Waals surface area (Å²) in [6.45, 7) is 8.85. The fraction of sp³-hybridized carbons (Fsp3) is 0.429. The summed E-state index contributed by atoms with van der Waals surface area (Å²) in [5, 5.41) is 8.30. The fourth-order valence-electron chi connectivity index (χ4n) is 0.508. The molecule has 0 aliphatic carbocycles. The molecule has 0 aliphatic heterocycles. The molecule has 1 atom stereocenters. The van der Waals surface area contributed by atoms with E-state index in [1.807, 2.05) is 6.92 Å². The van der Waals surface area contributed by atoms with Gasteiger partial charge in [-0.3, -0.25) is 0 Å². The second-order valence-electron chi connectivity index (χ2n) is 2.22. The highest BCUT2D eigenvalue weighted by atomic mass is 16.4. The maximum Gasteiger partial charge on any atom is 0.331 e. The maximum absolute atomic E-state index is 10.1. The van der Waals surface area contributed by atoms with Crippen molar-refractivity contribution in [3.63, 3.8) is 0 Å². The van der Waals surface area contributed by atoms with E-state index in [-0.39, 0.29) is 11.5 Å². The Hall–Kier alpha value is -0.920. The van der Waals surface area contributed by atoms with E-state index >= 15 is 0 Å². The summed E-state index contributed by atoms with van der Waals surface area (Å²) in [6, 6.07) is 0. The number of carbonyl (C=O) groups is 1. The third-order valence-electron chi connectivity index (χ3n) is 0.897. The molecule has 9 heavy (non-hydrogen) atoms. The summed E-state index contributed by atoms with van der Waals surface area (Å²) in [5.74, 6) is -0.792. The Labute approximate surface area is 55.2 Å². The molecule has 2 nitrogen and oxygen atoms in total. The Morgan fingerprint density at radius 3 is 2.44 bits per heavy atom. The van der Waals surface area contributed by atoms with E-state index in [4.69, 9.17) is 5.11 Å². The summed E-state index contributed by atoms with van der Waals surface area (Å²) in [7, 11) is 0. The summed E-state index contributed by atoms with van der Waals surface area (Å²) < 4.78 is 0. The molecule has 0 rings (SSSR count). The molecule has 0 heterocycles. The Morgan fingerprint density at radius 1 is 1.89 bits per heavy atom. The molecule has 0 aromatic rings. The lowest BCUT2D eigenvalue weighted by Crippen LogP contribution is -2.01. The van der Waals surface area contributed by atoms with E-state index in [1.165, 1.54) is 0 Å². The topological polar surface area (TPSA) is 37.3 Å². The molecular formula is C7H11O2+. The van der Waals surface area contributed by atoms with Gasteiger partial charge < -0.3 is 5.11 Å². The predicted molar refractivity (Wildman–Crippen MR) is 35.9 cm³/mol. The van der Waals surface area contributed by atoms with Gasteiger partial charge >= 0.3 is 5.97 Å². The highest BCUT2D eigenvalue weighted by Crippen LogP contribution is 2.07. The van der Waals surface area contributed by atoms with Crippen LogP contribution in [0.3, 0.4) is 0 Å². The second kappa shape index (κ2) is 3.17. The maximum atomic E-state index is 10.1. The van der Waals surface area contributed by atoms with E-state index in [0.29, 0.717) is 6.42 Å². The minimum Gasteiger partial charge on any atom is -0.478 e. The van der Waals surface area contributed by atoms with Crippen molar-refractivity contribution in [3.8, 4) is 0 Å². The molecular weight excluding hydrogens is 116 g/mol. The van der Waals surface area contributed by atoms with Crippen molar-refractivity contribution >= 4 is 5.97 Å². The average molecular weight is 127 g/mol. The molecule has 0 fully saturated rings. The minimum absolute atomic E-state index is 0.133. The Kier molecular flexibility index (Phi) is 2.85. The van der Waals surface area contributed by atoms with Crippen molar-refractivity contribution in [1.29, 1.82) is 0 Å². The van der Waals surface area contributed by atoms with Crippen LogP contribution in [0.2, 0.25) is 0 Å². The van der Waals surface area contributed by atoms with Gasteiger partial charge in [-0.15, -0.1) is 0 Å². The third kappa shape index (κ3) is 3.64. The lowest BCUT2D eigenvalue weighted by Gasteiger charge is -1.96. The van der Waals surface area contributed by atoms with Gasteiger partial charge in [-0.1, -0.05) is 6.58 Å². The fourth-order valence-corrected chi connectivity index (χ4v) is 0.508. The highest BCUT2D eigenvalue weighted by molar-refractivity contribution is 5.85. The van der Waals surface area contributed by atoms with Gasteiger partial charge in [-0.05, 0) is 6.92 Å². The molecule has 0 radical (unpaired) electrons. The first-order valence-corrected chi connectivity index (χ1v) is 2.78. The van der Waals surface area contributed by atoms with Gasteiger partial charge in [-0.2, -0.15) is 0 Å². The van der Waals surface area contributed by atoms with Gasteiger partial charge in [-0.25, -0.2) is 4.79 Å². The highest BCUT2D eigenvalue weighted by Gasteiger charge is 2.08. The number of carboxylic acid groups (broad SMARTS) is 1. The number of aliphatic carboxylic acids is 1. The van der Waals surface area contributed by atoms with Gasteiger partial charge in [0.25, 0.3) is 0 Å². The van der Waals surface area contributed by atoms with Crippen molar-refractivity contribution in [3.05, 3.63) is 19.1 Å². The molecule has 0 amide bonds. The van der Waals surface area contributed by atoms with Crippen LogP contribution < -0.4 is 0 Å². The zero-order valence-electron chi connectivity index (χ0n) is 5.55. The molecule has 0 spiro atoms. The van der Waals surface area contributed by atoms with Gasteiger partial charge in [0.15, 0.2) is 0 Å². The first kappa shape index (κ1) is 8.08. The van der Waals surface area contributed by atoms with Crippen molar-refractivity contribution in [2.45, 2.75) is 13.3 Å². The second-order valence-corrected chi connectivity index (χ2v) is 2.22. The van der Waals surface area contributed by atoms with Crippen LogP contribution in [0.4, 0.5) is 0 Å². The molecule has 2 heteroatoms. The molecule has 0 aliphatic rings. The summed E-state index contributed by atoms with van der Waals surface area (Å²) >= 11 is 0. The molecule has 0 aromatic heterocycles. The SMILES string of the molecule is C=C(CC([CH2+])C)C(=O)O. The van der Waals surface area contributed by atoms with Crippen LogP contribution in [-0.2, 0) is 4.79 Å². The summed E-state index contributed by atoms with van der Waals surface area (Å²) in [6.07, 6.45) is 0.468. The van der Waals surface area contributed by atoms with E-state index in [9.17, 15) is 4.79 Å². The number of rotatable bonds is 3. The Bertz CT molecular complexity index is 125. The lowest BCUT2D eigenvalue weighted by atomic mass is 10.1. The number of hydrogen-bond donors (Lipinski definition) is 1. The van der Waals surface area contributed by atoms with Crippen LogP contribution in [-0.4, -0.2) is 11.1 Å². The van der Waals surface area contributed by atoms with E-state index in [2.05, 4.69) is 13.5 Å². The molecule has 0 bridgehead atoms. The van der Waals surface area contributed by atoms with Crippen LogP contribution in [0.1, 0.15) is 13.3 Å². The normalized spacial score (nSPS) is 12.6. The summed E-state index contributed by atoms with van der Waals surface area (Å²) in [5.41, 5.74) is 0.234. The van der Waals surface area contributed by atoms with E-state index < -0.39 is 5.97 Å². The zero-order chi connectivity index (χ0) is 7.44. The first-order chi connectivity index (χ1) is 4.04. The van der Waals surface area contributed by atoms with Gasteiger partial charge in [0, 0.05) is 12.0 Å². The number of hydrogen-bond acceptors (Lipinski definition) is 1. The monoisotopic (exact) mass is 127 g/mol. The first-order valence-electron chi connectivity index (χ1n) is 2.78. The van der Waals surface area contributed by atoms with Crippen molar-refractivity contribution in [1.82, 2.24) is 0 Å². The van der Waals surface area contributed by atoms with E-state index in [0.717, 1.165) is 0 Å². The van der Waals surface area contributed by atoms with Crippen molar-refractivity contribution in [2.75, 3.05) is 0 Å². The quantitative estimate of drug-likeness (QED) is 0.460. The standard InChI is InChI=1S/C7H10O2/c1-5(2)4-6(3)7(8)9/h5H,1,3-4H2,2H3/p+1. The summed E-state index contributed by atoms with van der Waals surface area (Å²) in [4.78, 5) is 10.1. The zero-order valence-corrected chi connectivity index (χ0v) is 5.55. The molecule has 0 saturated heterocycles. The Balaban J connectivity index is 3.65. The van der Waals surface area contributed by atoms with Crippen LogP contribution in [0, 0.1) is 12.8 Å². The number of carboxylic acids is 1. The molecule has 1 unspecified atom stereocenters. The van der Waals surface area contributed by atoms with Crippen LogP contribution >= 0.6 is 0 Å². The average Bonchev–Trinajstić information content (AvgIpc) is 1.63.